The smallest absolute Gasteiger partial charge is 0.300 e. The normalized spacial score (nSPS) is 11.0. The van der Waals surface area contributed by atoms with Crippen LogP contribution in [0.4, 0.5) is 11.5 Å². The number of rotatable bonds is 0. The number of benzene rings is 1. The van der Waals surface area contributed by atoms with Crippen molar-refractivity contribution in [2.45, 2.75) is 13.3 Å². The molecule has 0 saturated carbocycles. The number of aromatic nitrogens is 1. The van der Waals surface area contributed by atoms with Crippen LogP contribution in [0.3, 0.4) is 0 Å². The number of carbonyl (C=O) groups is 1. The molecule has 0 aliphatic carbocycles. The molecule has 1 aliphatic heterocycles. The minimum absolute atomic E-state index is 0.0256. The zero-order valence-corrected chi connectivity index (χ0v) is 12.2. The average molecular weight is 314 g/mol. The first kappa shape index (κ1) is 15.9. The van der Waals surface area contributed by atoms with Crippen LogP contribution < -0.4 is 16.2 Å². The Balaban J connectivity index is 0.000000433. The van der Waals surface area contributed by atoms with Crippen LogP contribution in [0.15, 0.2) is 18.2 Å². The number of pyridine rings is 1. The summed E-state index contributed by atoms with van der Waals surface area (Å²) in [6.07, 6.45) is 0.437. The second-order valence-electron chi connectivity index (χ2n) is 4.74. The monoisotopic (exact) mass is 314 g/mol. The molecule has 1 aromatic carbocycles. The number of para-hydroxylation sites is 1. The lowest BCUT2D eigenvalue weighted by Gasteiger charge is -2.22. The fourth-order valence-corrected chi connectivity index (χ4v) is 2.13. The third-order valence-corrected chi connectivity index (χ3v) is 3.08. The highest BCUT2D eigenvalue weighted by molar-refractivity contribution is 5.72. The van der Waals surface area contributed by atoms with E-state index in [1.165, 1.54) is 6.07 Å². The maximum atomic E-state index is 9.75. The maximum absolute atomic E-state index is 9.75. The molecule has 0 bridgehead atoms. The number of phenols is 1. The molecule has 6 N–H and O–H groups in total. The number of phenolic OH excluding ortho intramolecular Hbond substituents is 1. The molecule has 118 valence electrons. The predicted octanol–water partition coefficient (Wildman–Crippen LogP) is 1.61. The van der Waals surface area contributed by atoms with Crippen LogP contribution in [-0.4, -0.2) is 21.2 Å². The molecule has 0 atom stereocenters. The molecule has 0 spiro atoms. The van der Waals surface area contributed by atoms with Crippen molar-refractivity contribution in [2.24, 2.45) is 0 Å². The Morgan fingerprint density at radius 1 is 1.43 bits per heavy atom. The van der Waals surface area contributed by atoms with Gasteiger partial charge in [0.05, 0.1) is 5.69 Å². The van der Waals surface area contributed by atoms with Gasteiger partial charge in [0.2, 0.25) is 5.88 Å². The Morgan fingerprint density at radius 2 is 2.09 bits per heavy atom. The molecule has 0 fully saturated rings. The molecular weight excluding hydrogens is 300 g/mol. The summed E-state index contributed by atoms with van der Waals surface area (Å²) in [6.45, 7) is 1.08. The molecule has 0 unspecified atom stereocenters. The van der Waals surface area contributed by atoms with Gasteiger partial charge in [-0.3, -0.25) is 4.79 Å². The molecule has 3 rings (SSSR count). The quantitative estimate of drug-likeness (QED) is 0.487. The lowest BCUT2D eigenvalue weighted by Crippen LogP contribution is -2.11. The summed E-state index contributed by atoms with van der Waals surface area (Å²) < 4.78 is 5.54. The summed E-state index contributed by atoms with van der Waals surface area (Å²) in [7, 11) is 0. The topological polar surface area (TPSA) is 155 Å². The minimum Gasteiger partial charge on any atom is -0.504 e. The number of nitriles is 1. The van der Waals surface area contributed by atoms with Crippen molar-refractivity contribution in [3.63, 3.8) is 0 Å². The van der Waals surface area contributed by atoms with Crippen LogP contribution in [0, 0.1) is 11.3 Å². The van der Waals surface area contributed by atoms with Crippen molar-refractivity contribution in [1.29, 1.82) is 5.26 Å². The SMILES string of the molecule is CC(=O)O.N#Cc1c(N)nc2c(c1N)Cc1cccc(O)c1O2. The van der Waals surface area contributed by atoms with Gasteiger partial charge < -0.3 is 26.4 Å². The number of hydrogen-bond acceptors (Lipinski definition) is 7. The van der Waals surface area contributed by atoms with Crippen LogP contribution in [0.5, 0.6) is 17.4 Å². The van der Waals surface area contributed by atoms with Gasteiger partial charge in [-0.15, -0.1) is 0 Å². The number of aromatic hydroxyl groups is 1. The van der Waals surface area contributed by atoms with E-state index in [1.54, 1.807) is 6.07 Å². The van der Waals surface area contributed by atoms with Gasteiger partial charge in [0, 0.05) is 24.5 Å². The average Bonchev–Trinajstić information content (AvgIpc) is 2.46. The van der Waals surface area contributed by atoms with E-state index in [2.05, 4.69) is 4.98 Å². The van der Waals surface area contributed by atoms with Crippen LogP contribution in [0.2, 0.25) is 0 Å². The van der Waals surface area contributed by atoms with Crippen molar-refractivity contribution in [1.82, 2.24) is 4.98 Å². The van der Waals surface area contributed by atoms with Gasteiger partial charge in [-0.05, 0) is 6.07 Å². The second-order valence-corrected chi connectivity index (χ2v) is 4.74. The number of nitrogen functional groups attached to an aromatic ring is 2. The molecule has 1 aromatic heterocycles. The largest absolute Gasteiger partial charge is 0.504 e. The van der Waals surface area contributed by atoms with E-state index in [4.69, 9.17) is 31.4 Å². The van der Waals surface area contributed by atoms with E-state index < -0.39 is 5.97 Å². The molecular formula is C15H14N4O4. The second kappa shape index (κ2) is 6.11. The summed E-state index contributed by atoms with van der Waals surface area (Å²) in [5, 5.41) is 26.2. The van der Waals surface area contributed by atoms with Gasteiger partial charge >= 0.3 is 0 Å². The van der Waals surface area contributed by atoms with E-state index in [0.29, 0.717) is 17.7 Å². The molecule has 0 saturated heterocycles. The van der Waals surface area contributed by atoms with E-state index in [-0.39, 0.29) is 28.7 Å². The van der Waals surface area contributed by atoms with Crippen molar-refractivity contribution in [3.05, 3.63) is 34.9 Å². The third kappa shape index (κ3) is 3.08. The lowest BCUT2D eigenvalue weighted by molar-refractivity contribution is -0.134. The first-order valence-electron chi connectivity index (χ1n) is 6.51. The number of anilines is 2. The number of nitrogens with two attached hydrogens (primary N) is 2. The Kier molecular flexibility index (Phi) is 4.23. The number of nitrogens with zero attached hydrogens (tertiary/aromatic N) is 2. The number of ether oxygens (including phenoxy) is 1. The lowest BCUT2D eigenvalue weighted by atomic mass is 9.99. The van der Waals surface area contributed by atoms with E-state index >= 15 is 0 Å². The number of carboxylic acids is 1. The molecule has 2 heterocycles. The summed E-state index contributed by atoms with van der Waals surface area (Å²) in [4.78, 5) is 13.0. The number of fused-ring (bicyclic) bond motifs is 2. The minimum atomic E-state index is -0.833. The van der Waals surface area contributed by atoms with E-state index in [1.807, 2.05) is 12.1 Å². The van der Waals surface area contributed by atoms with Gasteiger partial charge in [-0.25, -0.2) is 0 Å². The van der Waals surface area contributed by atoms with Crippen molar-refractivity contribution >= 4 is 17.5 Å². The number of carboxylic acid groups (broad SMARTS) is 1. The van der Waals surface area contributed by atoms with E-state index in [0.717, 1.165) is 12.5 Å². The highest BCUT2D eigenvalue weighted by Gasteiger charge is 2.25. The molecule has 0 amide bonds. The highest BCUT2D eigenvalue weighted by Crippen LogP contribution is 2.43. The Hall–Kier alpha value is -3.47. The van der Waals surface area contributed by atoms with Gasteiger partial charge in [-0.1, -0.05) is 12.1 Å². The van der Waals surface area contributed by atoms with Crippen molar-refractivity contribution in [2.75, 3.05) is 11.5 Å². The fourth-order valence-electron chi connectivity index (χ4n) is 2.13. The summed E-state index contributed by atoms with van der Waals surface area (Å²) in [6, 6.07) is 7.00. The van der Waals surface area contributed by atoms with E-state index in [9.17, 15) is 5.11 Å². The van der Waals surface area contributed by atoms with Crippen molar-refractivity contribution in [3.8, 4) is 23.4 Å². The summed E-state index contributed by atoms with van der Waals surface area (Å²) in [5.41, 5.74) is 13.4. The Labute approximate surface area is 131 Å². The first-order chi connectivity index (χ1) is 10.8. The summed E-state index contributed by atoms with van der Waals surface area (Å²) in [5.74, 6) is -0.182. The Bertz CT molecular complexity index is 823. The molecule has 0 radical (unpaired) electrons. The van der Waals surface area contributed by atoms with Gasteiger partial charge in [0.15, 0.2) is 11.5 Å². The molecule has 23 heavy (non-hydrogen) atoms. The standard InChI is InChI=1S/C13H10N4O2.C2H4O2/c14-5-8-10(15)7-4-6-2-1-3-9(18)11(6)19-13(7)17-12(8)16;1-2(3)4/h1-3,18H,4H2,(H4,15,16,17);1H3,(H,3,4). The zero-order valence-electron chi connectivity index (χ0n) is 12.2. The summed E-state index contributed by atoms with van der Waals surface area (Å²) >= 11 is 0. The molecule has 1 aliphatic rings. The van der Waals surface area contributed by atoms with Crippen LogP contribution >= 0.6 is 0 Å². The fraction of sp³-hybridized carbons (Fsp3) is 0.133. The molecule has 8 heteroatoms. The Morgan fingerprint density at radius 3 is 2.70 bits per heavy atom. The molecule has 8 nitrogen and oxygen atoms in total. The first-order valence-corrected chi connectivity index (χ1v) is 6.51. The van der Waals surface area contributed by atoms with Gasteiger partial charge in [0.1, 0.15) is 17.5 Å². The zero-order chi connectivity index (χ0) is 17.1. The maximum Gasteiger partial charge on any atom is 0.300 e. The van der Waals surface area contributed by atoms with Gasteiger partial charge in [0.25, 0.3) is 5.97 Å². The van der Waals surface area contributed by atoms with Crippen LogP contribution in [0.25, 0.3) is 0 Å². The number of hydrogen-bond donors (Lipinski definition) is 4. The van der Waals surface area contributed by atoms with Crippen LogP contribution in [-0.2, 0) is 11.2 Å². The third-order valence-electron chi connectivity index (χ3n) is 3.08. The van der Waals surface area contributed by atoms with Crippen molar-refractivity contribution < 1.29 is 19.7 Å². The highest BCUT2D eigenvalue weighted by atomic mass is 16.5. The molecule has 2 aromatic rings. The van der Waals surface area contributed by atoms with Crippen LogP contribution in [0.1, 0.15) is 23.6 Å². The van der Waals surface area contributed by atoms with Gasteiger partial charge in [-0.2, -0.15) is 10.2 Å². The number of aliphatic carboxylic acids is 1. The predicted molar refractivity (Wildman–Crippen MR) is 82.1 cm³/mol.